The summed E-state index contributed by atoms with van der Waals surface area (Å²) in [6.07, 6.45) is 0. The van der Waals surface area contributed by atoms with E-state index in [0.717, 1.165) is 0 Å². The van der Waals surface area contributed by atoms with Gasteiger partial charge < -0.3 is 15.2 Å². The number of hydrogen-bond donors (Lipinski definition) is 2. The smallest absolute Gasteiger partial charge is 0.325 e. The molecule has 2 N–H and O–H groups in total. The molecule has 0 spiro atoms. The van der Waals surface area contributed by atoms with E-state index in [4.69, 9.17) is 4.74 Å². The lowest BCUT2D eigenvalue weighted by atomic mass is 10.1. The molecule has 4 nitrogen and oxygen atoms in total. The van der Waals surface area contributed by atoms with Crippen LogP contribution in [0.5, 0.6) is 5.75 Å². The molecule has 0 aliphatic heterocycles. The van der Waals surface area contributed by atoms with Crippen LogP contribution in [0.1, 0.15) is 32.4 Å². The molecule has 1 aromatic rings. The molecule has 1 aromatic carbocycles. The minimum Gasteiger partial charge on any atom is -0.494 e. The monoisotopic (exact) mass is 251 g/mol. The summed E-state index contributed by atoms with van der Waals surface area (Å²) in [5.41, 5.74) is 0.717. The van der Waals surface area contributed by atoms with Crippen LogP contribution in [0.2, 0.25) is 0 Å². The first-order valence-electron chi connectivity index (χ1n) is 6.23. The maximum Gasteiger partial charge on any atom is 0.325 e. The molecule has 18 heavy (non-hydrogen) atoms. The van der Waals surface area contributed by atoms with Crippen LogP contribution in [0.4, 0.5) is 0 Å². The lowest BCUT2D eigenvalue weighted by molar-refractivity contribution is -0.139. The van der Waals surface area contributed by atoms with Gasteiger partial charge >= 0.3 is 5.97 Å². The van der Waals surface area contributed by atoms with E-state index in [1.807, 2.05) is 32.9 Å². The zero-order valence-electron chi connectivity index (χ0n) is 11.1. The molecule has 1 rings (SSSR count). The summed E-state index contributed by atoms with van der Waals surface area (Å²) in [6.45, 7) is 7.22. The highest BCUT2D eigenvalue weighted by atomic mass is 16.5. The molecule has 0 heterocycles. The SMILES string of the molecule is CCOc1cccc(C(NCC(C)C)C(=O)O)c1. The summed E-state index contributed by atoms with van der Waals surface area (Å²) in [7, 11) is 0. The molecule has 0 amide bonds. The molecule has 0 saturated heterocycles. The Bertz CT molecular complexity index is 390. The second kappa shape index (κ2) is 7.01. The number of carbonyl (C=O) groups is 1. The number of benzene rings is 1. The van der Waals surface area contributed by atoms with Crippen LogP contribution in [-0.4, -0.2) is 24.2 Å². The molecular formula is C14H21NO3. The van der Waals surface area contributed by atoms with Crippen molar-refractivity contribution in [2.45, 2.75) is 26.8 Å². The van der Waals surface area contributed by atoms with E-state index < -0.39 is 12.0 Å². The normalized spacial score (nSPS) is 12.4. The Labute approximate surface area is 108 Å². The van der Waals surface area contributed by atoms with Gasteiger partial charge in [0, 0.05) is 0 Å². The number of carboxylic acid groups (broad SMARTS) is 1. The van der Waals surface area contributed by atoms with Gasteiger partial charge in [-0.1, -0.05) is 26.0 Å². The summed E-state index contributed by atoms with van der Waals surface area (Å²) in [5.74, 6) is 0.235. The van der Waals surface area contributed by atoms with E-state index in [-0.39, 0.29) is 0 Å². The number of hydrogen-bond acceptors (Lipinski definition) is 3. The minimum absolute atomic E-state index is 0.405. The van der Waals surface area contributed by atoms with Gasteiger partial charge in [-0.25, -0.2) is 0 Å². The summed E-state index contributed by atoms with van der Waals surface area (Å²) in [6, 6.07) is 6.53. The van der Waals surface area contributed by atoms with Crippen molar-refractivity contribution in [3.8, 4) is 5.75 Å². The first-order chi connectivity index (χ1) is 8.54. The minimum atomic E-state index is -0.871. The number of nitrogens with one attached hydrogen (secondary N) is 1. The fourth-order valence-electron chi connectivity index (χ4n) is 1.65. The van der Waals surface area contributed by atoms with Crippen LogP contribution in [0.15, 0.2) is 24.3 Å². The van der Waals surface area contributed by atoms with Gasteiger partial charge in [0.05, 0.1) is 6.61 Å². The molecule has 1 atom stereocenters. The Balaban J connectivity index is 2.84. The highest BCUT2D eigenvalue weighted by molar-refractivity contribution is 5.75. The topological polar surface area (TPSA) is 58.6 Å². The van der Waals surface area contributed by atoms with E-state index in [9.17, 15) is 9.90 Å². The van der Waals surface area contributed by atoms with Crippen molar-refractivity contribution in [2.24, 2.45) is 5.92 Å². The molecule has 100 valence electrons. The van der Waals surface area contributed by atoms with E-state index >= 15 is 0 Å². The van der Waals surface area contributed by atoms with Crippen LogP contribution in [0.3, 0.4) is 0 Å². The molecule has 0 radical (unpaired) electrons. The third kappa shape index (κ3) is 4.37. The third-order valence-corrected chi connectivity index (χ3v) is 2.48. The first-order valence-corrected chi connectivity index (χ1v) is 6.23. The van der Waals surface area contributed by atoms with Crippen LogP contribution in [-0.2, 0) is 4.79 Å². The van der Waals surface area contributed by atoms with Gasteiger partial charge in [-0.3, -0.25) is 4.79 Å². The summed E-state index contributed by atoms with van der Waals surface area (Å²) >= 11 is 0. The quantitative estimate of drug-likeness (QED) is 0.781. The summed E-state index contributed by atoms with van der Waals surface area (Å²) in [4.78, 5) is 11.3. The number of ether oxygens (including phenoxy) is 1. The maximum absolute atomic E-state index is 11.3. The van der Waals surface area contributed by atoms with Crippen LogP contribution in [0, 0.1) is 5.92 Å². The first kappa shape index (κ1) is 14.5. The number of rotatable bonds is 7. The second-order valence-electron chi connectivity index (χ2n) is 4.58. The van der Waals surface area contributed by atoms with E-state index in [1.165, 1.54) is 0 Å². The van der Waals surface area contributed by atoms with Crippen molar-refractivity contribution in [3.63, 3.8) is 0 Å². The van der Waals surface area contributed by atoms with Gasteiger partial charge in [0.25, 0.3) is 0 Å². The average Bonchev–Trinajstić information content (AvgIpc) is 2.29. The Morgan fingerprint density at radius 2 is 2.17 bits per heavy atom. The molecule has 0 aromatic heterocycles. The van der Waals surface area contributed by atoms with E-state index in [1.54, 1.807) is 12.1 Å². The van der Waals surface area contributed by atoms with Crippen molar-refractivity contribution in [1.29, 1.82) is 0 Å². The summed E-state index contributed by atoms with van der Waals surface area (Å²) in [5, 5.41) is 12.3. The lowest BCUT2D eigenvalue weighted by Crippen LogP contribution is -2.31. The largest absolute Gasteiger partial charge is 0.494 e. The molecule has 0 bridgehead atoms. The fraction of sp³-hybridized carbons (Fsp3) is 0.500. The van der Waals surface area contributed by atoms with Crippen molar-refractivity contribution in [3.05, 3.63) is 29.8 Å². The molecule has 4 heteroatoms. The Hall–Kier alpha value is -1.55. The van der Waals surface area contributed by atoms with E-state index in [2.05, 4.69) is 5.32 Å². The van der Waals surface area contributed by atoms with Gasteiger partial charge in [-0.05, 0) is 37.1 Å². The Morgan fingerprint density at radius 3 is 2.72 bits per heavy atom. The average molecular weight is 251 g/mol. The lowest BCUT2D eigenvalue weighted by Gasteiger charge is -2.17. The summed E-state index contributed by atoms with van der Waals surface area (Å²) < 4.78 is 5.38. The predicted octanol–water partition coefficient (Wildman–Crippen LogP) is 2.46. The van der Waals surface area contributed by atoms with Crippen molar-refractivity contribution in [2.75, 3.05) is 13.2 Å². The van der Waals surface area contributed by atoms with Crippen LogP contribution in [0.25, 0.3) is 0 Å². The third-order valence-electron chi connectivity index (χ3n) is 2.48. The van der Waals surface area contributed by atoms with Gasteiger partial charge in [0.2, 0.25) is 0 Å². The molecule has 1 unspecified atom stereocenters. The Kier molecular flexibility index (Phi) is 5.65. The zero-order chi connectivity index (χ0) is 13.5. The zero-order valence-corrected chi connectivity index (χ0v) is 11.1. The highest BCUT2D eigenvalue weighted by Crippen LogP contribution is 2.20. The van der Waals surface area contributed by atoms with Gasteiger partial charge in [0.1, 0.15) is 11.8 Å². The molecule has 0 aliphatic rings. The highest BCUT2D eigenvalue weighted by Gasteiger charge is 2.19. The van der Waals surface area contributed by atoms with Crippen LogP contribution >= 0.6 is 0 Å². The molecule has 0 saturated carbocycles. The van der Waals surface area contributed by atoms with Crippen molar-refractivity contribution in [1.82, 2.24) is 5.32 Å². The predicted molar refractivity (Wildman–Crippen MR) is 70.8 cm³/mol. The molecule has 0 fully saturated rings. The second-order valence-corrected chi connectivity index (χ2v) is 4.58. The number of aliphatic carboxylic acids is 1. The van der Waals surface area contributed by atoms with Gasteiger partial charge in [0.15, 0.2) is 0 Å². The van der Waals surface area contributed by atoms with Gasteiger partial charge in [-0.2, -0.15) is 0 Å². The molecule has 0 aliphatic carbocycles. The standard InChI is InChI=1S/C14H21NO3/c1-4-18-12-7-5-6-11(8-12)13(14(16)17)15-9-10(2)3/h5-8,10,13,15H,4,9H2,1-3H3,(H,16,17). The van der Waals surface area contributed by atoms with Gasteiger partial charge in [-0.15, -0.1) is 0 Å². The maximum atomic E-state index is 11.3. The van der Waals surface area contributed by atoms with Crippen LogP contribution < -0.4 is 10.1 Å². The molecular weight excluding hydrogens is 230 g/mol. The van der Waals surface area contributed by atoms with Crippen molar-refractivity contribution < 1.29 is 14.6 Å². The Morgan fingerprint density at radius 1 is 1.44 bits per heavy atom. The number of carboxylic acids is 1. The van der Waals surface area contributed by atoms with Crippen molar-refractivity contribution >= 4 is 5.97 Å². The fourth-order valence-corrected chi connectivity index (χ4v) is 1.65. The van der Waals surface area contributed by atoms with E-state index in [0.29, 0.717) is 30.4 Å².